The summed E-state index contributed by atoms with van der Waals surface area (Å²) in [6.07, 6.45) is 6.66. The Balaban J connectivity index is 2.63. The van der Waals surface area contributed by atoms with E-state index in [1.54, 1.807) is 11.8 Å². The lowest BCUT2D eigenvalue weighted by Gasteiger charge is -2.26. The number of rotatable bonds is 3. The van der Waals surface area contributed by atoms with Gasteiger partial charge < -0.3 is 4.90 Å². The van der Waals surface area contributed by atoms with Crippen LogP contribution in [0.4, 0.5) is 0 Å². The number of thioether (sulfide) groups is 1. The maximum absolute atomic E-state index is 5.45. The molecule has 0 bridgehead atoms. The summed E-state index contributed by atoms with van der Waals surface area (Å²) >= 11 is 7.21. The van der Waals surface area contributed by atoms with Crippen LogP contribution in [0.25, 0.3) is 0 Å². The van der Waals surface area contributed by atoms with Gasteiger partial charge in [0, 0.05) is 13.1 Å². The predicted octanol–water partition coefficient (Wildman–Crippen LogP) is 3.62. The van der Waals surface area contributed by atoms with Gasteiger partial charge >= 0.3 is 0 Å². The molecule has 84 valence electrons. The van der Waals surface area contributed by atoms with Gasteiger partial charge in [0.2, 0.25) is 0 Å². The zero-order valence-corrected chi connectivity index (χ0v) is 11.5. The van der Waals surface area contributed by atoms with E-state index in [1.165, 1.54) is 5.57 Å². The molecule has 1 unspecified atom stereocenters. The van der Waals surface area contributed by atoms with Crippen molar-refractivity contribution in [2.24, 2.45) is 0 Å². The third kappa shape index (κ3) is 3.35. The average Bonchev–Trinajstić information content (AvgIpc) is 2.47. The van der Waals surface area contributed by atoms with E-state index in [0.717, 1.165) is 17.4 Å². The molecular formula is C12H19NS2. The van der Waals surface area contributed by atoms with Gasteiger partial charge in [0.25, 0.3) is 0 Å². The fourth-order valence-corrected chi connectivity index (χ4v) is 3.58. The van der Waals surface area contributed by atoms with Crippen molar-refractivity contribution in [1.82, 2.24) is 4.90 Å². The molecule has 1 rings (SSSR count). The van der Waals surface area contributed by atoms with E-state index in [4.69, 9.17) is 12.2 Å². The minimum atomic E-state index is 0.0593. The molecule has 0 aromatic rings. The van der Waals surface area contributed by atoms with E-state index >= 15 is 0 Å². The smallest absolute Gasteiger partial charge is 0.137 e. The maximum atomic E-state index is 5.45. The first-order chi connectivity index (χ1) is 7.00. The van der Waals surface area contributed by atoms with Gasteiger partial charge in [-0.2, -0.15) is 0 Å². The van der Waals surface area contributed by atoms with E-state index in [2.05, 4.69) is 50.8 Å². The van der Waals surface area contributed by atoms with Crippen molar-refractivity contribution in [3.63, 3.8) is 0 Å². The fourth-order valence-electron chi connectivity index (χ4n) is 1.64. The van der Waals surface area contributed by atoms with Crippen LogP contribution >= 0.6 is 24.0 Å². The third-order valence-electron chi connectivity index (χ3n) is 2.52. The molecule has 1 aliphatic carbocycles. The topological polar surface area (TPSA) is 3.24 Å². The van der Waals surface area contributed by atoms with Gasteiger partial charge in [0.1, 0.15) is 4.32 Å². The van der Waals surface area contributed by atoms with Crippen LogP contribution in [-0.4, -0.2) is 27.1 Å². The monoisotopic (exact) mass is 241 g/mol. The molecule has 0 saturated carbocycles. The van der Waals surface area contributed by atoms with Gasteiger partial charge in [-0.25, -0.2) is 0 Å². The summed E-state index contributed by atoms with van der Waals surface area (Å²) in [5, 5.41) is 0. The van der Waals surface area contributed by atoms with Gasteiger partial charge in [0.15, 0.2) is 0 Å². The number of thiocarbonyl (C=S) groups is 1. The minimum Gasteiger partial charge on any atom is -0.358 e. The molecule has 0 fully saturated rings. The molecule has 0 aromatic heterocycles. The summed E-state index contributed by atoms with van der Waals surface area (Å²) in [5.74, 6) is 0. The highest BCUT2D eigenvalue weighted by Gasteiger charge is 2.25. The standard InChI is InChI=1S/C12H19NS2/c1-5-13(6-2)11(14)15-12(4)8-7-10(3)9-12/h7-9H,5-6H2,1-4H3. The highest BCUT2D eigenvalue weighted by Crippen LogP contribution is 2.35. The summed E-state index contributed by atoms with van der Waals surface area (Å²) < 4.78 is 1.06. The van der Waals surface area contributed by atoms with Crippen LogP contribution in [0.15, 0.2) is 23.8 Å². The number of hydrogen-bond acceptors (Lipinski definition) is 2. The molecule has 1 atom stereocenters. The van der Waals surface area contributed by atoms with Crippen LogP contribution < -0.4 is 0 Å². The summed E-state index contributed by atoms with van der Waals surface area (Å²) in [4.78, 5) is 2.22. The van der Waals surface area contributed by atoms with Crippen molar-refractivity contribution >= 4 is 28.3 Å². The third-order valence-corrected chi connectivity index (χ3v) is 4.16. The molecule has 0 saturated heterocycles. The Morgan fingerprint density at radius 3 is 2.47 bits per heavy atom. The zero-order chi connectivity index (χ0) is 11.5. The molecule has 0 heterocycles. The van der Waals surface area contributed by atoms with Gasteiger partial charge in [-0.3, -0.25) is 0 Å². The second-order valence-electron chi connectivity index (χ2n) is 3.95. The molecule has 15 heavy (non-hydrogen) atoms. The Labute approximate surface area is 103 Å². The molecule has 0 amide bonds. The van der Waals surface area contributed by atoms with Crippen molar-refractivity contribution in [2.75, 3.05) is 13.1 Å². The number of nitrogens with zero attached hydrogens (tertiary/aromatic N) is 1. The van der Waals surface area contributed by atoms with Crippen LogP contribution in [-0.2, 0) is 0 Å². The summed E-state index contributed by atoms with van der Waals surface area (Å²) in [7, 11) is 0. The highest BCUT2D eigenvalue weighted by atomic mass is 32.2. The molecule has 0 radical (unpaired) electrons. The molecular weight excluding hydrogens is 222 g/mol. The van der Waals surface area contributed by atoms with E-state index in [1.807, 2.05) is 0 Å². The number of allylic oxidation sites excluding steroid dienone is 2. The molecule has 1 aliphatic rings. The van der Waals surface area contributed by atoms with E-state index in [9.17, 15) is 0 Å². The second-order valence-corrected chi connectivity index (χ2v) is 6.06. The van der Waals surface area contributed by atoms with Crippen molar-refractivity contribution in [3.8, 4) is 0 Å². The lowest BCUT2D eigenvalue weighted by atomic mass is 10.2. The molecule has 0 N–H and O–H groups in total. The molecule has 0 aromatic carbocycles. The Kier molecular flexibility index (Phi) is 4.41. The quantitative estimate of drug-likeness (QED) is 0.695. The Hall–Kier alpha value is -0.280. The van der Waals surface area contributed by atoms with E-state index in [-0.39, 0.29) is 4.75 Å². The van der Waals surface area contributed by atoms with E-state index < -0.39 is 0 Å². The summed E-state index contributed by atoms with van der Waals surface area (Å²) in [6.45, 7) is 10.6. The van der Waals surface area contributed by atoms with Gasteiger partial charge in [-0.05, 0) is 27.7 Å². The SMILES string of the molecule is CCN(CC)C(=S)SC1(C)C=CC(C)=C1. The predicted molar refractivity (Wildman–Crippen MR) is 74.4 cm³/mol. The second kappa shape index (κ2) is 5.17. The largest absolute Gasteiger partial charge is 0.358 e. The van der Waals surface area contributed by atoms with Crippen molar-refractivity contribution in [2.45, 2.75) is 32.4 Å². The maximum Gasteiger partial charge on any atom is 0.137 e. The zero-order valence-electron chi connectivity index (χ0n) is 9.91. The highest BCUT2D eigenvalue weighted by molar-refractivity contribution is 8.24. The van der Waals surface area contributed by atoms with Crippen LogP contribution in [0.5, 0.6) is 0 Å². The van der Waals surface area contributed by atoms with E-state index in [0.29, 0.717) is 0 Å². The lowest BCUT2D eigenvalue weighted by Crippen LogP contribution is -2.30. The van der Waals surface area contributed by atoms with Crippen LogP contribution in [0.2, 0.25) is 0 Å². The fraction of sp³-hybridized carbons (Fsp3) is 0.583. The lowest BCUT2D eigenvalue weighted by molar-refractivity contribution is 0.482. The van der Waals surface area contributed by atoms with Gasteiger partial charge in [-0.1, -0.05) is 47.8 Å². The van der Waals surface area contributed by atoms with Crippen molar-refractivity contribution < 1.29 is 0 Å². The first-order valence-electron chi connectivity index (χ1n) is 5.37. The average molecular weight is 241 g/mol. The molecule has 0 aliphatic heterocycles. The summed E-state index contributed by atoms with van der Waals surface area (Å²) in [5.41, 5.74) is 1.33. The van der Waals surface area contributed by atoms with Crippen LogP contribution in [0.3, 0.4) is 0 Å². The summed E-state index contributed by atoms with van der Waals surface area (Å²) in [6, 6.07) is 0. The van der Waals surface area contributed by atoms with Gasteiger partial charge in [-0.15, -0.1) is 0 Å². The Morgan fingerprint density at radius 1 is 1.47 bits per heavy atom. The molecule has 1 nitrogen and oxygen atoms in total. The number of hydrogen-bond donors (Lipinski definition) is 0. The van der Waals surface area contributed by atoms with Crippen molar-refractivity contribution in [1.29, 1.82) is 0 Å². The molecule has 0 spiro atoms. The molecule has 3 heteroatoms. The first kappa shape index (κ1) is 12.8. The normalized spacial score (nSPS) is 24.1. The van der Waals surface area contributed by atoms with Crippen molar-refractivity contribution in [3.05, 3.63) is 23.8 Å². The Bertz CT molecular complexity index is 303. The van der Waals surface area contributed by atoms with Gasteiger partial charge in [0.05, 0.1) is 4.75 Å². The van der Waals surface area contributed by atoms with Crippen LogP contribution in [0.1, 0.15) is 27.7 Å². The first-order valence-corrected chi connectivity index (χ1v) is 6.60. The Morgan fingerprint density at radius 2 is 2.07 bits per heavy atom. The minimum absolute atomic E-state index is 0.0593. The van der Waals surface area contributed by atoms with Crippen LogP contribution in [0, 0.1) is 0 Å².